The van der Waals surface area contributed by atoms with Gasteiger partial charge in [-0.1, -0.05) is 12.1 Å². The third-order valence-electron chi connectivity index (χ3n) is 5.21. The number of amides is 1. The molecular weight excluding hydrogens is 360 g/mol. The van der Waals surface area contributed by atoms with E-state index in [0.717, 1.165) is 43.7 Å². The van der Waals surface area contributed by atoms with Crippen LogP contribution in [0.3, 0.4) is 0 Å². The molecule has 7 nitrogen and oxygen atoms in total. The Hall–Kier alpha value is -3.06. The summed E-state index contributed by atoms with van der Waals surface area (Å²) in [6.45, 7) is 2.64. The third kappa shape index (κ3) is 4.09. The van der Waals surface area contributed by atoms with Crippen molar-refractivity contribution in [3.05, 3.63) is 53.6 Å². The first-order chi connectivity index (χ1) is 13.6. The summed E-state index contributed by atoms with van der Waals surface area (Å²) >= 11 is 0. The molecule has 0 spiro atoms. The number of hydrogen-bond donors (Lipinski definition) is 2. The highest BCUT2D eigenvalue weighted by Crippen LogP contribution is 2.34. The van der Waals surface area contributed by atoms with Crippen molar-refractivity contribution in [2.45, 2.75) is 19.4 Å². The molecule has 0 unspecified atom stereocenters. The van der Waals surface area contributed by atoms with Crippen LogP contribution in [-0.2, 0) is 11.3 Å². The van der Waals surface area contributed by atoms with Gasteiger partial charge in [0.2, 0.25) is 12.7 Å². The van der Waals surface area contributed by atoms with Gasteiger partial charge in [0.15, 0.2) is 11.5 Å². The van der Waals surface area contributed by atoms with Gasteiger partial charge in [-0.2, -0.15) is 0 Å². The second kappa shape index (κ2) is 7.90. The molecular formula is C21H22N2O5. The van der Waals surface area contributed by atoms with E-state index in [1.807, 2.05) is 18.2 Å². The molecule has 0 aliphatic carbocycles. The molecule has 0 radical (unpaired) electrons. The van der Waals surface area contributed by atoms with Crippen LogP contribution in [0.25, 0.3) is 0 Å². The molecule has 2 aliphatic rings. The molecule has 0 saturated carbocycles. The third-order valence-corrected chi connectivity index (χ3v) is 5.21. The van der Waals surface area contributed by atoms with Crippen LogP contribution in [0.4, 0.5) is 5.69 Å². The SMILES string of the molecule is O=C(O)c1ccc(CN2CCC(C(=O)Nc3ccc4c(c3)OCO4)CC2)cc1. The van der Waals surface area contributed by atoms with E-state index in [1.165, 1.54) is 0 Å². The van der Waals surface area contributed by atoms with Crippen LogP contribution < -0.4 is 14.8 Å². The van der Waals surface area contributed by atoms with E-state index in [1.54, 1.807) is 24.3 Å². The van der Waals surface area contributed by atoms with Crippen molar-refractivity contribution in [1.82, 2.24) is 4.90 Å². The van der Waals surface area contributed by atoms with Crippen molar-refractivity contribution in [2.24, 2.45) is 5.92 Å². The Labute approximate surface area is 162 Å². The quantitative estimate of drug-likeness (QED) is 0.827. The molecule has 7 heteroatoms. The fourth-order valence-corrected chi connectivity index (χ4v) is 3.58. The van der Waals surface area contributed by atoms with Gasteiger partial charge in [-0.3, -0.25) is 9.69 Å². The summed E-state index contributed by atoms with van der Waals surface area (Å²) in [4.78, 5) is 25.8. The van der Waals surface area contributed by atoms with Gasteiger partial charge in [-0.25, -0.2) is 4.79 Å². The molecule has 4 rings (SSSR count). The first-order valence-electron chi connectivity index (χ1n) is 9.33. The van der Waals surface area contributed by atoms with Crippen LogP contribution in [0.1, 0.15) is 28.8 Å². The van der Waals surface area contributed by atoms with Gasteiger partial charge >= 0.3 is 5.97 Å². The molecule has 0 atom stereocenters. The zero-order valence-electron chi connectivity index (χ0n) is 15.4. The number of anilines is 1. The summed E-state index contributed by atoms with van der Waals surface area (Å²) in [5, 5.41) is 11.9. The molecule has 1 fully saturated rings. The molecule has 1 saturated heterocycles. The van der Waals surface area contributed by atoms with E-state index in [9.17, 15) is 9.59 Å². The second-order valence-corrected chi connectivity index (χ2v) is 7.11. The van der Waals surface area contributed by atoms with Gasteiger partial charge in [-0.05, 0) is 55.8 Å². The van der Waals surface area contributed by atoms with Crippen molar-refractivity contribution >= 4 is 17.6 Å². The Morgan fingerprint density at radius 3 is 2.46 bits per heavy atom. The van der Waals surface area contributed by atoms with Crippen LogP contribution in [0.2, 0.25) is 0 Å². The first kappa shape index (κ1) is 18.3. The maximum atomic E-state index is 12.6. The average Bonchev–Trinajstić information content (AvgIpc) is 3.17. The maximum absolute atomic E-state index is 12.6. The highest BCUT2D eigenvalue weighted by atomic mass is 16.7. The summed E-state index contributed by atoms with van der Waals surface area (Å²) in [5.41, 5.74) is 2.09. The largest absolute Gasteiger partial charge is 0.478 e. The zero-order chi connectivity index (χ0) is 19.5. The highest BCUT2D eigenvalue weighted by Gasteiger charge is 2.25. The van der Waals surface area contributed by atoms with Gasteiger partial charge in [-0.15, -0.1) is 0 Å². The van der Waals surface area contributed by atoms with Gasteiger partial charge in [0.1, 0.15) is 0 Å². The predicted octanol–water partition coefficient (Wildman–Crippen LogP) is 2.96. The van der Waals surface area contributed by atoms with E-state index in [2.05, 4.69) is 10.2 Å². The Bertz CT molecular complexity index is 873. The minimum atomic E-state index is -0.916. The number of likely N-dealkylation sites (tertiary alicyclic amines) is 1. The lowest BCUT2D eigenvalue weighted by molar-refractivity contribution is -0.121. The van der Waals surface area contributed by atoms with Gasteiger partial charge in [0.05, 0.1) is 5.56 Å². The number of aromatic carboxylic acids is 1. The lowest BCUT2D eigenvalue weighted by Gasteiger charge is -2.31. The van der Waals surface area contributed by atoms with E-state index in [-0.39, 0.29) is 18.6 Å². The van der Waals surface area contributed by atoms with Crippen LogP contribution in [0, 0.1) is 5.92 Å². The number of benzene rings is 2. The zero-order valence-corrected chi connectivity index (χ0v) is 15.4. The molecule has 2 aliphatic heterocycles. The fourth-order valence-electron chi connectivity index (χ4n) is 3.58. The Morgan fingerprint density at radius 2 is 1.75 bits per heavy atom. The number of carbonyl (C=O) groups is 2. The van der Waals surface area contributed by atoms with E-state index in [4.69, 9.17) is 14.6 Å². The monoisotopic (exact) mass is 382 g/mol. The second-order valence-electron chi connectivity index (χ2n) is 7.11. The van der Waals surface area contributed by atoms with E-state index in [0.29, 0.717) is 17.1 Å². The summed E-state index contributed by atoms with van der Waals surface area (Å²) in [5.74, 6) is 0.449. The van der Waals surface area contributed by atoms with Crippen molar-refractivity contribution in [3.8, 4) is 11.5 Å². The minimum Gasteiger partial charge on any atom is -0.478 e. The highest BCUT2D eigenvalue weighted by molar-refractivity contribution is 5.93. The first-order valence-corrected chi connectivity index (χ1v) is 9.33. The van der Waals surface area contributed by atoms with Crippen molar-refractivity contribution in [1.29, 1.82) is 0 Å². The molecule has 0 bridgehead atoms. The van der Waals surface area contributed by atoms with Crippen LogP contribution >= 0.6 is 0 Å². The van der Waals surface area contributed by atoms with Crippen LogP contribution in [-0.4, -0.2) is 41.8 Å². The van der Waals surface area contributed by atoms with Crippen molar-refractivity contribution in [3.63, 3.8) is 0 Å². The lowest BCUT2D eigenvalue weighted by Crippen LogP contribution is -2.37. The predicted molar refractivity (Wildman–Crippen MR) is 103 cm³/mol. The lowest BCUT2D eigenvalue weighted by atomic mass is 9.95. The summed E-state index contributed by atoms with van der Waals surface area (Å²) in [7, 11) is 0. The standard InChI is InChI=1S/C21H22N2O5/c24-20(22-17-5-6-18-19(11-17)28-13-27-18)15-7-9-23(10-8-15)12-14-1-3-16(4-2-14)21(25)26/h1-6,11,15H,7-10,12-13H2,(H,22,24)(H,25,26). The number of ether oxygens (including phenoxy) is 2. The van der Waals surface area contributed by atoms with E-state index < -0.39 is 5.97 Å². The van der Waals surface area contributed by atoms with Crippen LogP contribution in [0.5, 0.6) is 11.5 Å². The maximum Gasteiger partial charge on any atom is 0.335 e. The number of rotatable bonds is 5. The summed E-state index contributed by atoms with van der Waals surface area (Å²) < 4.78 is 10.6. The smallest absolute Gasteiger partial charge is 0.335 e. The molecule has 2 heterocycles. The molecule has 1 amide bonds. The van der Waals surface area contributed by atoms with Crippen molar-refractivity contribution in [2.75, 3.05) is 25.2 Å². The molecule has 2 aromatic carbocycles. The number of nitrogens with one attached hydrogen (secondary N) is 1. The number of fused-ring (bicyclic) bond motifs is 1. The minimum absolute atomic E-state index is 0.0175. The topological polar surface area (TPSA) is 88.1 Å². The molecule has 2 aromatic rings. The number of nitrogens with zero attached hydrogens (tertiary/aromatic N) is 1. The van der Waals surface area contributed by atoms with Gasteiger partial charge in [0, 0.05) is 24.2 Å². The number of carboxylic acid groups (broad SMARTS) is 1. The van der Waals surface area contributed by atoms with E-state index >= 15 is 0 Å². The Kier molecular flexibility index (Phi) is 5.16. The normalized spacial score (nSPS) is 16.7. The summed E-state index contributed by atoms with van der Waals surface area (Å²) in [6.07, 6.45) is 1.59. The van der Waals surface area contributed by atoms with Crippen LogP contribution in [0.15, 0.2) is 42.5 Å². The number of piperidine rings is 1. The van der Waals surface area contributed by atoms with Gasteiger partial charge in [0.25, 0.3) is 0 Å². The summed E-state index contributed by atoms with van der Waals surface area (Å²) in [6, 6.07) is 12.4. The van der Waals surface area contributed by atoms with Gasteiger partial charge < -0.3 is 19.9 Å². The molecule has 28 heavy (non-hydrogen) atoms. The number of carbonyl (C=O) groups excluding carboxylic acids is 1. The van der Waals surface area contributed by atoms with Crippen molar-refractivity contribution < 1.29 is 24.2 Å². The average molecular weight is 382 g/mol. The number of carboxylic acids is 1. The Balaban J connectivity index is 1.27. The number of hydrogen-bond acceptors (Lipinski definition) is 5. The molecule has 2 N–H and O–H groups in total. The molecule has 0 aromatic heterocycles. The molecule has 146 valence electrons. The fraction of sp³-hybridized carbons (Fsp3) is 0.333. The Morgan fingerprint density at radius 1 is 1.04 bits per heavy atom.